The maximum absolute atomic E-state index is 12.3. The van der Waals surface area contributed by atoms with Crippen LogP contribution in [-0.2, 0) is 0 Å². The molecule has 0 radical (unpaired) electrons. The highest BCUT2D eigenvalue weighted by atomic mass is 32.1. The Morgan fingerprint density at radius 3 is 2.37 bits per heavy atom. The van der Waals surface area contributed by atoms with Crippen LogP contribution in [0.1, 0.15) is 21.5 Å². The number of thiocarbonyl (C=S) groups is 1. The van der Waals surface area contributed by atoms with Crippen LogP contribution in [0.2, 0.25) is 0 Å². The third-order valence-corrected chi connectivity index (χ3v) is 4.03. The lowest BCUT2D eigenvalue weighted by molar-refractivity contribution is 0.0993. The maximum atomic E-state index is 12.3. The summed E-state index contributed by atoms with van der Waals surface area (Å²) >= 11 is 6.44. The van der Waals surface area contributed by atoms with Gasteiger partial charge in [-0.2, -0.15) is 11.3 Å². The molecule has 0 aliphatic rings. The molecule has 5 heteroatoms. The Balaban J connectivity index is 2.24. The molecule has 1 heterocycles. The Hall–Kier alpha value is -1.72. The minimum absolute atomic E-state index is 0.0122. The second-order valence-corrected chi connectivity index (χ2v) is 5.43. The van der Waals surface area contributed by atoms with Crippen LogP contribution in [0.4, 0.5) is 5.69 Å². The predicted octanol–water partition coefficient (Wildman–Crippen LogP) is 2.97. The highest BCUT2D eigenvalue weighted by Gasteiger charge is 2.16. The van der Waals surface area contributed by atoms with E-state index >= 15 is 0 Å². The Morgan fingerprint density at radius 1 is 1.26 bits per heavy atom. The van der Waals surface area contributed by atoms with Crippen molar-refractivity contribution >= 4 is 40.1 Å². The summed E-state index contributed by atoms with van der Waals surface area (Å²) in [5.74, 6) is -0.0122. The van der Waals surface area contributed by atoms with Crippen molar-refractivity contribution < 1.29 is 4.79 Å². The average molecular weight is 290 g/mol. The molecular weight excluding hydrogens is 276 g/mol. The van der Waals surface area contributed by atoms with Crippen LogP contribution in [0.5, 0.6) is 0 Å². The number of hydrogen-bond acceptors (Lipinski definition) is 3. The minimum atomic E-state index is -0.0122. The largest absolute Gasteiger partial charge is 0.389 e. The first-order valence-electron chi connectivity index (χ1n) is 5.71. The molecule has 0 fully saturated rings. The lowest BCUT2D eigenvalue weighted by Gasteiger charge is -2.17. The van der Waals surface area contributed by atoms with Crippen LogP contribution >= 0.6 is 23.6 Å². The van der Waals surface area contributed by atoms with Gasteiger partial charge in [-0.05, 0) is 42.1 Å². The molecule has 0 aliphatic heterocycles. The van der Waals surface area contributed by atoms with Crippen LogP contribution in [0.15, 0.2) is 35.0 Å². The number of rotatable bonds is 3. The minimum Gasteiger partial charge on any atom is -0.389 e. The molecule has 0 unspecified atom stereocenters. The van der Waals surface area contributed by atoms with Gasteiger partial charge in [-0.15, -0.1) is 0 Å². The fourth-order valence-electron chi connectivity index (χ4n) is 1.73. The second-order valence-electron chi connectivity index (χ2n) is 4.24. The first kappa shape index (κ1) is 13.7. The number of carbonyl (C=O) groups is 1. The second kappa shape index (κ2) is 5.50. The Labute approximate surface area is 121 Å². The summed E-state index contributed by atoms with van der Waals surface area (Å²) in [4.78, 5) is 14.3. The number of benzene rings is 1. The molecule has 0 bridgehead atoms. The normalized spacial score (nSPS) is 10.2. The molecule has 0 saturated carbocycles. The Morgan fingerprint density at radius 2 is 1.89 bits per heavy atom. The molecule has 3 nitrogen and oxygen atoms in total. The molecule has 2 N–H and O–H groups in total. The van der Waals surface area contributed by atoms with Gasteiger partial charge >= 0.3 is 0 Å². The van der Waals surface area contributed by atoms with Crippen molar-refractivity contribution in [2.45, 2.75) is 6.92 Å². The molecule has 0 saturated heterocycles. The lowest BCUT2D eigenvalue weighted by atomic mass is 10.1. The summed E-state index contributed by atoms with van der Waals surface area (Å²) in [5, 5.41) is 3.84. The zero-order valence-corrected chi connectivity index (χ0v) is 12.3. The molecule has 0 spiro atoms. The summed E-state index contributed by atoms with van der Waals surface area (Å²) in [5.41, 5.74) is 8.91. The molecule has 19 heavy (non-hydrogen) atoms. The number of hydrogen-bond donors (Lipinski definition) is 1. The van der Waals surface area contributed by atoms with Gasteiger partial charge in [-0.3, -0.25) is 4.79 Å². The first-order valence-corrected chi connectivity index (χ1v) is 7.06. The highest BCUT2D eigenvalue weighted by molar-refractivity contribution is 7.80. The van der Waals surface area contributed by atoms with Crippen molar-refractivity contribution in [1.82, 2.24) is 0 Å². The van der Waals surface area contributed by atoms with E-state index in [0.717, 1.165) is 22.4 Å². The quantitative estimate of drug-likeness (QED) is 0.884. The molecule has 1 amide bonds. The van der Waals surface area contributed by atoms with Gasteiger partial charge in [0, 0.05) is 23.7 Å². The van der Waals surface area contributed by atoms with Crippen molar-refractivity contribution in [1.29, 1.82) is 0 Å². The van der Waals surface area contributed by atoms with Crippen LogP contribution < -0.4 is 10.6 Å². The van der Waals surface area contributed by atoms with Gasteiger partial charge < -0.3 is 10.6 Å². The van der Waals surface area contributed by atoms with Crippen molar-refractivity contribution in [3.8, 4) is 0 Å². The van der Waals surface area contributed by atoms with E-state index in [-0.39, 0.29) is 5.91 Å². The molecule has 2 rings (SSSR count). The zero-order valence-electron chi connectivity index (χ0n) is 10.7. The fraction of sp³-hybridized carbons (Fsp3) is 0.143. The predicted molar refractivity (Wildman–Crippen MR) is 84.1 cm³/mol. The number of nitrogens with zero attached hydrogens (tertiary/aromatic N) is 1. The van der Waals surface area contributed by atoms with Crippen molar-refractivity contribution in [2.75, 3.05) is 11.9 Å². The summed E-state index contributed by atoms with van der Waals surface area (Å²) in [6.45, 7) is 1.94. The number of aryl methyl sites for hydroxylation is 1. The average Bonchev–Trinajstić information content (AvgIpc) is 2.83. The SMILES string of the molecule is Cc1cscc1C(=O)N(C)c1ccc(C(N)=S)cc1. The van der Waals surface area contributed by atoms with Crippen molar-refractivity contribution in [3.63, 3.8) is 0 Å². The summed E-state index contributed by atoms with van der Waals surface area (Å²) in [6.07, 6.45) is 0. The topological polar surface area (TPSA) is 46.3 Å². The number of nitrogens with two attached hydrogens (primary N) is 1. The summed E-state index contributed by atoms with van der Waals surface area (Å²) < 4.78 is 0. The van der Waals surface area contributed by atoms with Gasteiger partial charge in [0.2, 0.25) is 0 Å². The third-order valence-electron chi connectivity index (χ3n) is 2.93. The van der Waals surface area contributed by atoms with E-state index in [2.05, 4.69) is 0 Å². The van der Waals surface area contributed by atoms with E-state index in [9.17, 15) is 4.79 Å². The zero-order chi connectivity index (χ0) is 14.0. The van der Waals surface area contributed by atoms with Crippen molar-refractivity contribution in [2.24, 2.45) is 5.73 Å². The smallest absolute Gasteiger partial charge is 0.259 e. The Kier molecular flexibility index (Phi) is 3.97. The number of thiophene rings is 1. The van der Waals surface area contributed by atoms with Crippen LogP contribution in [0.3, 0.4) is 0 Å². The van der Waals surface area contributed by atoms with E-state index in [1.807, 2.05) is 41.9 Å². The summed E-state index contributed by atoms with van der Waals surface area (Å²) in [7, 11) is 1.76. The fourth-order valence-corrected chi connectivity index (χ4v) is 2.68. The molecular formula is C14H14N2OS2. The highest BCUT2D eigenvalue weighted by Crippen LogP contribution is 2.20. The molecule has 2 aromatic rings. The monoisotopic (exact) mass is 290 g/mol. The number of amides is 1. The molecule has 1 aromatic carbocycles. The van der Waals surface area contributed by atoms with Gasteiger partial charge in [0.05, 0.1) is 5.56 Å². The number of anilines is 1. The third kappa shape index (κ3) is 2.83. The number of carbonyl (C=O) groups excluding carboxylic acids is 1. The van der Waals surface area contributed by atoms with Crippen LogP contribution in [0, 0.1) is 6.92 Å². The first-order chi connectivity index (χ1) is 9.00. The lowest BCUT2D eigenvalue weighted by Crippen LogP contribution is -2.26. The molecule has 0 atom stereocenters. The molecule has 1 aromatic heterocycles. The van der Waals surface area contributed by atoms with E-state index in [1.54, 1.807) is 11.9 Å². The van der Waals surface area contributed by atoms with E-state index in [4.69, 9.17) is 18.0 Å². The maximum Gasteiger partial charge on any atom is 0.259 e. The Bertz CT molecular complexity index is 617. The van der Waals surface area contributed by atoms with E-state index in [1.165, 1.54) is 11.3 Å². The van der Waals surface area contributed by atoms with Crippen molar-refractivity contribution in [3.05, 3.63) is 51.7 Å². The molecule has 0 aliphatic carbocycles. The van der Waals surface area contributed by atoms with Gasteiger partial charge in [-0.25, -0.2) is 0 Å². The van der Waals surface area contributed by atoms with Gasteiger partial charge in [0.15, 0.2) is 0 Å². The van der Waals surface area contributed by atoms with Crippen LogP contribution in [-0.4, -0.2) is 17.9 Å². The molecule has 98 valence electrons. The standard InChI is InChI=1S/C14H14N2OS2/c1-9-7-19-8-12(9)14(17)16(2)11-5-3-10(4-6-11)13(15)18/h3-8H,1-2H3,(H2,15,18). The van der Waals surface area contributed by atoms with E-state index < -0.39 is 0 Å². The van der Waals surface area contributed by atoms with Gasteiger partial charge in [0.1, 0.15) is 4.99 Å². The van der Waals surface area contributed by atoms with E-state index in [0.29, 0.717) is 4.99 Å². The summed E-state index contributed by atoms with van der Waals surface area (Å²) in [6, 6.07) is 7.33. The van der Waals surface area contributed by atoms with Gasteiger partial charge in [0.25, 0.3) is 5.91 Å². The van der Waals surface area contributed by atoms with Crippen LogP contribution in [0.25, 0.3) is 0 Å². The van der Waals surface area contributed by atoms with Gasteiger partial charge in [-0.1, -0.05) is 12.2 Å².